The van der Waals surface area contributed by atoms with Gasteiger partial charge in [-0.3, -0.25) is 14.9 Å². The molecule has 0 saturated carbocycles. The van der Waals surface area contributed by atoms with E-state index in [0.29, 0.717) is 0 Å². The van der Waals surface area contributed by atoms with Gasteiger partial charge in [-0.25, -0.2) is 9.67 Å². The van der Waals surface area contributed by atoms with Gasteiger partial charge in [-0.2, -0.15) is 5.10 Å². The van der Waals surface area contributed by atoms with E-state index in [9.17, 15) is 14.9 Å². The zero-order valence-electron chi connectivity index (χ0n) is 13.2. The zero-order chi connectivity index (χ0) is 17.1. The first-order valence-corrected chi connectivity index (χ1v) is 7.74. The van der Waals surface area contributed by atoms with E-state index in [1.54, 1.807) is 6.07 Å². The quantitative estimate of drug-likeness (QED) is 0.639. The summed E-state index contributed by atoms with van der Waals surface area (Å²) in [6, 6.07) is 4.52. The molecular formula is C15H18N6O3. The van der Waals surface area contributed by atoms with Gasteiger partial charge in [-0.1, -0.05) is 0 Å². The topological polar surface area (TPSA) is 115 Å². The number of carbonyl (C=O) groups is 1. The van der Waals surface area contributed by atoms with E-state index < -0.39 is 4.92 Å². The number of hydrogen-bond donors (Lipinski definition) is 2. The van der Waals surface area contributed by atoms with Crippen LogP contribution < -0.4 is 10.6 Å². The standard InChI is InChI=1S/C15H18N6O3/c1-10-12(3-2-6-17-10)19-15(22)11-4-5-13(14(7-11)21(23)24)20-9-16-8-18-20/h4-5,7-10,12,17H,2-3,6H2,1H3,(H,19,22). The van der Waals surface area contributed by atoms with Crippen molar-refractivity contribution < 1.29 is 9.72 Å². The molecule has 2 unspecified atom stereocenters. The maximum absolute atomic E-state index is 12.4. The van der Waals surface area contributed by atoms with E-state index in [1.807, 2.05) is 6.92 Å². The fourth-order valence-electron chi connectivity index (χ4n) is 2.83. The number of aromatic nitrogens is 3. The zero-order valence-corrected chi connectivity index (χ0v) is 13.2. The number of nitrogens with zero attached hydrogens (tertiary/aromatic N) is 4. The minimum absolute atomic E-state index is 0.0142. The van der Waals surface area contributed by atoms with Crippen molar-refractivity contribution in [2.24, 2.45) is 0 Å². The van der Waals surface area contributed by atoms with Crippen LogP contribution in [0.1, 0.15) is 30.1 Å². The number of amides is 1. The van der Waals surface area contributed by atoms with E-state index in [-0.39, 0.29) is 34.9 Å². The lowest BCUT2D eigenvalue weighted by Crippen LogP contribution is -2.51. The largest absolute Gasteiger partial charge is 0.348 e. The Morgan fingerprint density at radius 1 is 1.50 bits per heavy atom. The van der Waals surface area contributed by atoms with E-state index in [1.165, 1.54) is 29.5 Å². The van der Waals surface area contributed by atoms with Crippen LogP contribution in [0.3, 0.4) is 0 Å². The van der Waals surface area contributed by atoms with Crippen LogP contribution in [-0.4, -0.2) is 44.2 Å². The van der Waals surface area contributed by atoms with E-state index in [2.05, 4.69) is 20.7 Å². The number of carbonyl (C=O) groups excluding carboxylic acids is 1. The summed E-state index contributed by atoms with van der Waals surface area (Å²) in [6.45, 7) is 2.95. The minimum Gasteiger partial charge on any atom is -0.348 e. The second kappa shape index (κ2) is 6.75. The molecule has 2 atom stereocenters. The number of rotatable bonds is 4. The van der Waals surface area contributed by atoms with Crippen molar-refractivity contribution in [1.29, 1.82) is 0 Å². The van der Waals surface area contributed by atoms with Crippen molar-refractivity contribution in [3.8, 4) is 5.69 Å². The smallest absolute Gasteiger partial charge is 0.295 e. The van der Waals surface area contributed by atoms with Crippen molar-refractivity contribution in [2.45, 2.75) is 31.8 Å². The van der Waals surface area contributed by atoms with Gasteiger partial charge < -0.3 is 10.6 Å². The molecule has 2 heterocycles. The fraction of sp³-hybridized carbons (Fsp3) is 0.400. The molecule has 1 aromatic carbocycles. The molecule has 1 aliphatic heterocycles. The van der Waals surface area contributed by atoms with Gasteiger partial charge in [0.15, 0.2) is 0 Å². The van der Waals surface area contributed by atoms with Crippen molar-refractivity contribution in [1.82, 2.24) is 25.4 Å². The first kappa shape index (κ1) is 16.1. The predicted octanol–water partition coefficient (Wildman–Crippen LogP) is 1.05. The maximum Gasteiger partial charge on any atom is 0.295 e. The lowest BCUT2D eigenvalue weighted by atomic mass is 9.99. The highest BCUT2D eigenvalue weighted by molar-refractivity contribution is 5.95. The molecule has 1 saturated heterocycles. The van der Waals surface area contributed by atoms with Gasteiger partial charge in [0, 0.05) is 23.7 Å². The van der Waals surface area contributed by atoms with Crippen molar-refractivity contribution in [3.63, 3.8) is 0 Å². The Kier molecular flexibility index (Phi) is 4.52. The Labute approximate surface area is 138 Å². The first-order valence-electron chi connectivity index (χ1n) is 7.74. The molecule has 0 bridgehead atoms. The number of piperidine rings is 1. The average molecular weight is 330 g/mol. The number of nitro groups is 1. The van der Waals surface area contributed by atoms with Gasteiger partial charge >= 0.3 is 0 Å². The SMILES string of the molecule is CC1NCCCC1NC(=O)c1ccc(-n2cncn2)c([N+](=O)[O-])c1. The summed E-state index contributed by atoms with van der Waals surface area (Å²) in [5.74, 6) is -0.316. The van der Waals surface area contributed by atoms with Crippen LogP contribution in [0, 0.1) is 10.1 Å². The van der Waals surface area contributed by atoms with Gasteiger partial charge in [0.2, 0.25) is 0 Å². The van der Waals surface area contributed by atoms with Gasteiger partial charge in [-0.15, -0.1) is 0 Å². The van der Waals surface area contributed by atoms with Gasteiger partial charge in [0.05, 0.1) is 4.92 Å². The third-order valence-corrected chi connectivity index (χ3v) is 4.18. The maximum atomic E-state index is 12.4. The minimum atomic E-state index is -0.529. The second-order valence-corrected chi connectivity index (χ2v) is 5.77. The lowest BCUT2D eigenvalue weighted by molar-refractivity contribution is -0.384. The second-order valence-electron chi connectivity index (χ2n) is 5.77. The highest BCUT2D eigenvalue weighted by Gasteiger charge is 2.24. The summed E-state index contributed by atoms with van der Waals surface area (Å²) in [5.41, 5.74) is 0.327. The van der Waals surface area contributed by atoms with Crippen LogP contribution in [-0.2, 0) is 0 Å². The number of nitro benzene ring substituents is 1. The monoisotopic (exact) mass is 330 g/mol. The summed E-state index contributed by atoms with van der Waals surface area (Å²) in [7, 11) is 0. The van der Waals surface area contributed by atoms with Crippen molar-refractivity contribution in [2.75, 3.05) is 6.54 Å². The Morgan fingerprint density at radius 3 is 3.00 bits per heavy atom. The highest BCUT2D eigenvalue weighted by Crippen LogP contribution is 2.23. The van der Waals surface area contributed by atoms with Crippen molar-refractivity contribution >= 4 is 11.6 Å². The van der Waals surface area contributed by atoms with Gasteiger partial charge in [0.25, 0.3) is 11.6 Å². The van der Waals surface area contributed by atoms with Crippen LogP contribution in [0.15, 0.2) is 30.9 Å². The van der Waals surface area contributed by atoms with E-state index >= 15 is 0 Å². The van der Waals surface area contributed by atoms with Gasteiger partial charge in [0.1, 0.15) is 18.3 Å². The van der Waals surface area contributed by atoms with E-state index in [0.717, 1.165) is 19.4 Å². The fourth-order valence-corrected chi connectivity index (χ4v) is 2.83. The molecule has 1 aliphatic rings. The molecule has 9 nitrogen and oxygen atoms in total. The average Bonchev–Trinajstić information content (AvgIpc) is 3.10. The van der Waals surface area contributed by atoms with E-state index in [4.69, 9.17) is 0 Å². The van der Waals surface area contributed by atoms with Crippen LogP contribution >= 0.6 is 0 Å². The van der Waals surface area contributed by atoms with Crippen LogP contribution in [0.5, 0.6) is 0 Å². The predicted molar refractivity (Wildman–Crippen MR) is 86.0 cm³/mol. The number of nitrogens with one attached hydrogen (secondary N) is 2. The van der Waals surface area contributed by atoms with Gasteiger partial charge in [-0.05, 0) is 38.4 Å². The summed E-state index contributed by atoms with van der Waals surface area (Å²) in [6.07, 6.45) is 4.54. The molecular weight excluding hydrogens is 312 g/mol. The molecule has 9 heteroatoms. The van der Waals surface area contributed by atoms with Crippen LogP contribution in [0.2, 0.25) is 0 Å². The molecule has 126 valence electrons. The van der Waals surface area contributed by atoms with Crippen molar-refractivity contribution in [3.05, 3.63) is 46.5 Å². The third-order valence-electron chi connectivity index (χ3n) is 4.18. The molecule has 2 N–H and O–H groups in total. The molecule has 24 heavy (non-hydrogen) atoms. The molecule has 2 aromatic rings. The highest BCUT2D eigenvalue weighted by atomic mass is 16.6. The molecule has 0 radical (unpaired) electrons. The first-order chi connectivity index (χ1) is 11.6. The summed E-state index contributed by atoms with van der Waals surface area (Å²) in [4.78, 5) is 27.0. The molecule has 3 rings (SSSR count). The number of benzene rings is 1. The molecule has 1 aromatic heterocycles. The molecule has 0 spiro atoms. The molecule has 1 fully saturated rings. The lowest BCUT2D eigenvalue weighted by Gasteiger charge is -2.30. The molecule has 1 amide bonds. The van der Waals surface area contributed by atoms with Crippen LogP contribution in [0.25, 0.3) is 5.69 Å². The Balaban J connectivity index is 1.84. The molecule has 0 aliphatic carbocycles. The van der Waals surface area contributed by atoms with Crippen LogP contribution in [0.4, 0.5) is 5.69 Å². The summed E-state index contributed by atoms with van der Waals surface area (Å²) in [5, 5.41) is 21.5. The normalized spacial score (nSPS) is 20.5. The number of hydrogen-bond acceptors (Lipinski definition) is 6. The summed E-state index contributed by atoms with van der Waals surface area (Å²) >= 11 is 0. The Morgan fingerprint density at radius 2 is 2.33 bits per heavy atom. The third kappa shape index (κ3) is 3.25. The Bertz CT molecular complexity index is 746. The Hall–Kier alpha value is -2.81. The summed E-state index contributed by atoms with van der Waals surface area (Å²) < 4.78 is 1.30.